The van der Waals surface area contributed by atoms with Crippen molar-refractivity contribution in [2.75, 3.05) is 18.9 Å². The first kappa shape index (κ1) is 23.2. The number of benzene rings is 3. The van der Waals surface area contributed by atoms with E-state index < -0.39 is 15.9 Å². The number of nitrogens with one attached hydrogen (secondary N) is 2. The highest BCUT2D eigenvalue weighted by molar-refractivity contribution is 7.89. The third-order valence-corrected chi connectivity index (χ3v) is 6.64. The first-order chi connectivity index (χ1) is 16.3. The van der Waals surface area contributed by atoms with Crippen molar-refractivity contribution in [2.24, 2.45) is 0 Å². The van der Waals surface area contributed by atoms with Crippen molar-refractivity contribution in [3.63, 3.8) is 0 Å². The van der Waals surface area contributed by atoms with Crippen LogP contribution in [0.1, 0.15) is 16.1 Å². The molecule has 0 atom stereocenters. The molecule has 1 heterocycles. The Balaban J connectivity index is 1.38. The number of furan rings is 1. The van der Waals surface area contributed by atoms with Crippen LogP contribution in [-0.4, -0.2) is 38.7 Å². The standard InChI is InChI=1S/C25H23N3O5S/c1-28(17-24(29)27-23-10-4-7-18-6-2-3-9-22(18)23)25(30)19-11-13-21(14-12-19)34(31,32)26-16-20-8-5-15-33-20/h2-15,26H,16-17H2,1H3,(H,27,29). The summed E-state index contributed by atoms with van der Waals surface area (Å²) >= 11 is 0. The van der Waals surface area contributed by atoms with E-state index in [4.69, 9.17) is 4.42 Å². The molecule has 0 radical (unpaired) electrons. The predicted molar refractivity (Wildman–Crippen MR) is 129 cm³/mol. The van der Waals surface area contributed by atoms with Gasteiger partial charge in [-0.1, -0.05) is 36.4 Å². The van der Waals surface area contributed by atoms with Gasteiger partial charge in [-0.15, -0.1) is 0 Å². The molecule has 0 unspecified atom stereocenters. The van der Waals surface area contributed by atoms with Crippen molar-refractivity contribution in [2.45, 2.75) is 11.4 Å². The molecule has 9 heteroatoms. The number of fused-ring (bicyclic) bond motifs is 1. The summed E-state index contributed by atoms with van der Waals surface area (Å²) in [5, 5.41) is 4.75. The number of hydrogen-bond donors (Lipinski definition) is 2. The van der Waals surface area contributed by atoms with Crippen LogP contribution in [0.15, 0.2) is 94.4 Å². The molecule has 0 spiro atoms. The van der Waals surface area contributed by atoms with E-state index in [0.29, 0.717) is 11.4 Å². The fourth-order valence-corrected chi connectivity index (χ4v) is 4.46. The van der Waals surface area contributed by atoms with Crippen molar-refractivity contribution in [3.05, 3.63) is 96.4 Å². The van der Waals surface area contributed by atoms with Gasteiger partial charge >= 0.3 is 0 Å². The van der Waals surface area contributed by atoms with Crippen LogP contribution in [-0.2, 0) is 21.4 Å². The van der Waals surface area contributed by atoms with Gasteiger partial charge in [-0.3, -0.25) is 9.59 Å². The lowest BCUT2D eigenvalue weighted by Gasteiger charge is -2.17. The summed E-state index contributed by atoms with van der Waals surface area (Å²) in [6.07, 6.45) is 1.46. The first-order valence-electron chi connectivity index (χ1n) is 10.5. The molecule has 0 saturated heterocycles. The van der Waals surface area contributed by atoms with Crippen LogP contribution in [0.25, 0.3) is 10.8 Å². The van der Waals surface area contributed by atoms with Crippen LogP contribution in [0.3, 0.4) is 0 Å². The van der Waals surface area contributed by atoms with Gasteiger partial charge < -0.3 is 14.6 Å². The highest BCUT2D eigenvalue weighted by atomic mass is 32.2. The second-order valence-electron chi connectivity index (χ2n) is 7.66. The minimum absolute atomic E-state index is 0.0184. The van der Waals surface area contributed by atoms with Crippen molar-refractivity contribution >= 4 is 38.3 Å². The topological polar surface area (TPSA) is 109 Å². The van der Waals surface area contributed by atoms with Gasteiger partial charge in [0.15, 0.2) is 0 Å². The molecule has 0 bridgehead atoms. The molecule has 174 valence electrons. The minimum Gasteiger partial charge on any atom is -0.468 e. The summed E-state index contributed by atoms with van der Waals surface area (Å²) in [6.45, 7) is -0.141. The number of hydrogen-bond acceptors (Lipinski definition) is 5. The van der Waals surface area contributed by atoms with Crippen LogP contribution in [0.4, 0.5) is 5.69 Å². The Morgan fingerprint density at radius 3 is 2.38 bits per heavy atom. The zero-order valence-electron chi connectivity index (χ0n) is 18.4. The summed E-state index contributed by atoms with van der Waals surface area (Å²) in [6, 6.07) is 22.2. The van der Waals surface area contributed by atoms with E-state index in [-0.39, 0.29) is 29.5 Å². The van der Waals surface area contributed by atoms with Gasteiger partial charge in [0.25, 0.3) is 5.91 Å². The minimum atomic E-state index is -3.77. The van der Waals surface area contributed by atoms with Crippen LogP contribution < -0.4 is 10.0 Å². The fraction of sp³-hybridized carbons (Fsp3) is 0.120. The lowest BCUT2D eigenvalue weighted by molar-refractivity contribution is -0.116. The molecule has 1 aromatic heterocycles. The Kier molecular flexibility index (Phi) is 6.76. The SMILES string of the molecule is CN(CC(=O)Nc1cccc2ccccc12)C(=O)c1ccc(S(=O)(=O)NCc2ccco2)cc1. The zero-order chi connectivity index (χ0) is 24.1. The van der Waals surface area contributed by atoms with Gasteiger partial charge in [0.05, 0.1) is 24.2 Å². The first-order valence-corrected chi connectivity index (χ1v) is 12.0. The molecular formula is C25H23N3O5S. The fourth-order valence-electron chi connectivity index (χ4n) is 3.47. The molecule has 2 amide bonds. The molecule has 4 rings (SSSR count). The zero-order valence-corrected chi connectivity index (χ0v) is 19.2. The van der Waals surface area contributed by atoms with Gasteiger partial charge in [0, 0.05) is 23.7 Å². The summed E-state index contributed by atoms with van der Waals surface area (Å²) in [4.78, 5) is 26.6. The lowest BCUT2D eigenvalue weighted by atomic mass is 10.1. The average Bonchev–Trinajstić information content (AvgIpc) is 3.36. The highest BCUT2D eigenvalue weighted by Gasteiger charge is 2.18. The van der Waals surface area contributed by atoms with Gasteiger partial charge in [0.1, 0.15) is 5.76 Å². The van der Waals surface area contributed by atoms with Crippen LogP contribution in [0.2, 0.25) is 0 Å². The molecule has 0 saturated carbocycles. The Morgan fingerprint density at radius 2 is 1.65 bits per heavy atom. The molecule has 34 heavy (non-hydrogen) atoms. The number of sulfonamides is 1. The van der Waals surface area contributed by atoms with Crippen LogP contribution in [0.5, 0.6) is 0 Å². The molecule has 4 aromatic rings. The van der Waals surface area contributed by atoms with E-state index in [1.165, 1.54) is 42.5 Å². The number of anilines is 1. The van der Waals surface area contributed by atoms with Crippen LogP contribution in [0, 0.1) is 0 Å². The normalized spacial score (nSPS) is 11.3. The number of rotatable bonds is 8. The number of nitrogens with zero attached hydrogens (tertiary/aromatic N) is 1. The number of likely N-dealkylation sites (N-methyl/N-ethyl adjacent to an activating group) is 1. The molecular weight excluding hydrogens is 454 g/mol. The Hall–Kier alpha value is -3.95. The lowest BCUT2D eigenvalue weighted by Crippen LogP contribution is -2.35. The second-order valence-corrected chi connectivity index (χ2v) is 9.43. The summed E-state index contributed by atoms with van der Waals surface area (Å²) in [5.74, 6) is -0.257. The molecule has 3 aromatic carbocycles. The van der Waals surface area contributed by atoms with Crippen molar-refractivity contribution in [1.29, 1.82) is 0 Å². The Morgan fingerprint density at radius 1 is 0.912 bits per heavy atom. The van der Waals surface area contributed by atoms with E-state index in [0.717, 1.165) is 10.8 Å². The van der Waals surface area contributed by atoms with E-state index >= 15 is 0 Å². The van der Waals surface area contributed by atoms with Gasteiger partial charge in [-0.25, -0.2) is 13.1 Å². The monoisotopic (exact) mass is 477 g/mol. The molecule has 2 N–H and O–H groups in total. The molecule has 0 aliphatic carbocycles. The third kappa shape index (κ3) is 5.33. The predicted octanol–water partition coefficient (Wildman–Crippen LogP) is 3.62. The largest absolute Gasteiger partial charge is 0.468 e. The molecule has 0 aliphatic heterocycles. The van der Waals surface area contributed by atoms with E-state index in [9.17, 15) is 18.0 Å². The van der Waals surface area contributed by atoms with E-state index in [2.05, 4.69) is 10.0 Å². The van der Waals surface area contributed by atoms with Crippen molar-refractivity contribution in [3.8, 4) is 0 Å². The van der Waals surface area contributed by atoms with Gasteiger partial charge in [-0.2, -0.15) is 0 Å². The second kappa shape index (κ2) is 9.90. The van der Waals surface area contributed by atoms with Crippen molar-refractivity contribution < 1.29 is 22.4 Å². The number of amides is 2. The summed E-state index contributed by atoms with van der Waals surface area (Å²) in [5.41, 5.74) is 0.936. The molecule has 0 fully saturated rings. The smallest absolute Gasteiger partial charge is 0.254 e. The maximum Gasteiger partial charge on any atom is 0.254 e. The van der Waals surface area contributed by atoms with Crippen LogP contribution >= 0.6 is 0 Å². The summed E-state index contributed by atoms with van der Waals surface area (Å²) < 4.78 is 32.5. The number of carbonyl (C=O) groups is 2. The van der Waals surface area contributed by atoms with Gasteiger partial charge in [-0.05, 0) is 47.9 Å². The van der Waals surface area contributed by atoms with E-state index in [1.807, 2.05) is 36.4 Å². The highest BCUT2D eigenvalue weighted by Crippen LogP contribution is 2.23. The van der Waals surface area contributed by atoms with Crippen molar-refractivity contribution in [1.82, 2.24) is 9.62 Å². The van der Waals surface area contributed by atoms with E-state index in [1.54, 1.807) is 18.2 Å². The quantitative estimate of drug-likeness (QED) is 0.403. The Labute approximate surface area is 197 Å². The molecule has 0 aliphatic rings. The third-order valence-electron chi connectivity index (χ3n) is 5.22. The summed E-state index contributed by atoms with van der Waals surface area (Å²) in [7, 11) is -2.26. The maximum atomic E-state index is 12.8. The number of carbonyl (C=O) groups excluding carboxylic acids is 2. The maximum absolute atomic E-state index is 12.8. The average molecular weight is 478 g/mol. The van der Waals surface area contributed by atoms with Gasteiger partial charge in [0.2, 0.25) is 15.9 Å². The molecule has 8 nitrogen and oxygen atoms in total. The Bertz CT molecular complexity index is 1410.